The van der Waals surface area contributed by atoms with Crippen molar-refractivity contribution in [1.82, 2.24) is 10.6 Å². The molecule has 0 bridgehead atoms. The maximum atomic E-state index is 10.9. The summed E-state index contributed by atoms with van der Waals surface area (Å²) in [7, 11) is 1.52. The summed E-state index contributed by atoms with van der Waals surface area (Å²) < 4.78 is 0. The van der Waals surface area contributed by atoms with Gasteiger partial charge in [-0.2, -0.15) is 0 Å². The highest BCUT2D eigenvalue weighted by atomic mass is 35.5. The van der Waals surface area contributed by atoms with Gasteiger partial charge >= 0.3 is 0 Å². The molecule has 0 aliphatic rings. The molecule has 0 fully saturated rings. The Balaban J connectivity index is 3.75. The van der Waals surface area contributed by atoms with Crippen LogP contribution in [-0.4, -0.2) is 30.8 Å². The lowest BCUT2D eigenvalue weighted by Crippen LogP contribution is -2.43. The molecule has 2 N–H and O–H groups in total. The van der Waals surface area contributed by atoms with Gasteiger partial charge in [-0.25, -0.2) is 0 Å². The minimum Gasteiger partial charge on any atom is -0.357 e. The van der Waals surface area contributed by atoms with Crippen LogP contribution < -0.4 is 10.6 Å². The van der Waals surface area contributed by atoms with Crippen LogP contribution in [0.4, 0.5) is 0 Å². The first kappa shape index (κ1) is 11.2. The first-order valence-corrected chi connectivity index (χ1v) is 4.22. The molecule has 0 rings (SSSR count). The van der Waals surface area contributed by atoms with Gasteiger partial charge in [-0.1, -0.05) is 0 Å². The summed E-state index contributed by atoms with van der Waals surface area (Å²) in [5.41, 5.74) is 0. The molecule has 4 nitrogen and oxygen atoms in total. The predicted molar refractivity (Wildman–Crippen MR) is 47.0 cm³/mol. The third-order valence-corrected chi connectivity index (χ3v) is 1.53. The summed E-state index contributed by atoms with van der Waals surface area (Å²) in [6.07, 6.45) is 0.239. The fourth-order valence-corrected chi connectivity index (χ4v) is 0.853. The zero-order chi connectivity index (χ0) is 9.56. The van der Waals surface area contributed by atoms with Crippen molar-refractivity contribution in [2.24, 2.45) is 0 Å². The van der Waals surface area contributed by atoms with Crippen molar-refractivity contribution in [3.8, 4) is 0 Å². The van der Waals surface area contributed by atoms with Crippen LogP contribution in [0.3, 0.4) is 0 Å². The van der Waals surface area contributed by atoms with Gasteiger partial charge in [0.1, 0.15) is 6.04 Å². The highest BCUT2D eigenvalue weighted by Crippen LogP contribution is 1.87. The SMILES string of the molecule is CNC(=O)C(C)NC(=O)CCCl. The van der Waals surface area contributed by atoms with E-state index in [-0.39, 0.29) is 24.1 Å². The summed E-state index contributed by atoms with van der Waals surface area (Å²) in [6.45, 7) is 1.62. The van der Waals surface area contributed by atoms with Crippen molar-refractivity contribution in [2.45, 2.75) is 19.4 Å². The van der Waals surface area contributed by atoms with E-state index in [0.29, 0.717) is 0 Å². The van der Waals surface area contributed by atoms with Crippen LogP contribution in [-0.2, 0) is 9.59 Å². The van der Waals surface area contributed by atoms with Crippen LogP contribution >= 0.6 is 11.6 Å². The first-order chi connectivity index (χ1) is 5.61. The number of likely N-dealkylation sites (N-methyl/N-ethyl adjacent to an activating group) is 1. The Morgan fingerprint density at radius 2 is 2.08 bits per heavy atom. The van der Waals surface area contributed by atoms with Crippen molar-refractivity contribution in [3.63, 3.8) is 0 Å². The molecular formula is C7H13ClN2O2. The van der Waals surface area contributed by atoms with Crippen molar-refractivity contribution < 1.29 is 9.59 Å². The molecule has 5 heteroatoms. The van der Waals surface area contributed by atoms with E-state index in [1.54, 1.807) is 6.92 Å². The number of rotatable bonds is 4. The van der Waals surface area contributed by atoms with Gasteiger partial charge in [-0.3, -0.25) is 9.59 Å². The standard InChI is InChI=1S/C7H13ClN2O2/c1-5(7(12)9-2)10-6(11)3-4-8/h5H,3-4H2,1-2H3,(H,9,12)(H,10,11). The van der Waals surface area contributed by atoms with Gasteiger partial charge < -0.3 is 10.6 Å². The van der Waals surface area contributed by atoms with Crippen molar-refractivity contribution in [2.75, 3.05) is 12.9 Å². The number of hydrogen-bond acceptors (Lipinski definition) is 2. The van der Waals surface area contributed by atoms with Crippen LogP contribution in [0.1, 0.15) is 13.3 Å². The van der Waals surface area contributed by atoms with Gasteiger partial charge in [-0.05, 0) is 6.92 Å². The van der Waals surface area contributed by atoms with Crippen LogP contribution in [0.5, 0.6) is 0 Å². The van der Waals surface area contributed by atoms with Crippen LogP contribution in [0.2, 0.25) is 0 Å². The molecule has 70 valence electrons. The fourth-order valence-electron chi connectivity index (χ4n) is 0.682. The molecule has 12 heavy (non-hydrogen) atoms. The zero-order valence-electron chi connectivity index (χ0n) is 7.19. The maximum Gasteiger partial charge on any atom is 0.242 e. The van der Waals surface area contributed by atoms with E-state index >= 15 is 0 Å². The summed E-state index contributed by atoms with van der Waals surface area (Å²) in [5, 5.41) is 4.92. The zero-order valence-corrected chi connectivity index (χ0v) is 7.94. The number of carbonyl (C=O) groups is 2. The number of alkyl halides is 1. The predicted octanol–water partition coefficient (Wildman–Crippen LogP) is -0.134. The Morgan fingerprint density at radius 3 is 2.50 bits per heavy atom. The van der Waals surface area contributed by atoms with Crippen LogP contribution in [0.15, 0.2) is 0 Å². The van der Waals surface area contributed by atoms with E-state index in [1.165, 1.54) is 7.05 Å². The largest absolute Gasteiger partial charge is 0.357 e. The fraction of sp³-hybridized carbons (Fsp3) is 0.714. The van der Waals surface area contributed by atoms with E-state index in [1.807, 2.05) is 0 Å². The Kier molecular flexibility index (Phi) is 5.45. The second-order valence-electron chi connectivity index (χ2n) is 2.34. The molecule has 0 saturated carbocycles. The lowest BCUT2D eigenvalue weighted by molar-refractivity contribution is -0.128. The highest BCUT2D eigenvalue weighted by Gasteiger charge is 2.12. The summed E-state index contributed by atoms with van der Waals surface area (Å²) in [4.78, 5) is 21.8. The summed E-state index contributed by atoms with van der Waals surface area (Å²) in [5.74, 6) is -0.147. The van der Waals surface area contributed by atoms with Crippen molar-refractivity contribution in [1.29, 1.82) is 0 Å². The molecule has 0 aliphatic heterocycles. The van der Waals surface area contributed by atoms with Crippen LogP contribution in [0, 0.1) is 0 Å². The van der Waals surface area contributed by atoms with Gasteiger partial charge in [0.15, 0.2) is 0 Å². The average molecular weight is 193 g/mol. The minimum absolute atomic E-state index is 0.207. The molecular weight excluding hydrogens is 180 g/mol. The molecule has 0 heterocycles. The third-order valence-electron chi connectivity index (χ3n) is 1.34. The summed E-state index contributed by atoms with van der Waals surface area (Å²) >= 11 is 5.33. The molecule has 0 radical (unpaired) electrons. The number of amides is 2. The van der Waals surface area contributed by atoms with Crippen molar-refractivity contribution in [3.05, 3.63) is 0 Å². The van der Waals surface area contributed by atoms with E-state index in [0.717, 1.165) is 0 Å². The molecule has 0 aromatic carbocycles. The Labute approximate surface area is 76.7 Å². The molecule has 1 unspecified atom stereocenters. The average Bonchev–Trinajstić information content (AvgIpc) is 2.03. The van der Waals surface area contributed by atoms with Gasteiger partial charge in [0, 0.05) is 19.3 Å². The van der Waals surface area contributed by atoms with Gasteiger partial charge in [0.05, 0.1) is 0 Å². The molecule has 1 atom stereocenters. The molecule has 0 saturated heterocycles. The van der Waals surface area contributed by atoms with E-state index in [2.05, 4.69) is 10.6 Å². The Hall–Kier alpha value is -0.770. The Morgan fingerprint density at radius 1 is 1.50 bits per heavy atom. The normalized spacial score (nSPS) is 11.9. The molecule has 0 spiro atoms. The second kappa shape index (κ2) is 5.83. The molecule has 0 aromatic rings. The molecule has 2 amide bonds. The lowest BCUT2D eigenvalue weighted by Gasteiger charge is -2.11. The number of nitrogens with one attached hydrogen (secondary N) is 2. The number of halogens is 1. The third kappa shape index (κ3) is 4.18. The van der Waals surface area contributed by atoms with Crippen molar-refractivity contribution >= 4 is 23.4 Å². The minimum atomic E-state index is -0.495. The lowest BCUT2D eigenvalue weighted by atomic mass is 10.3. The van der Waals surface area contributed by atoms with Gasteiger partial charge in [-0.15, -0.1) is 11.6 Å². The van der Waals surface area contributed by atoms with Gasteiger partial charge in [0.25, 0.3) is 0 Å². The Bertz CT molecular complexity index is 173. The van der Waals surface area contributed by atoms with Gasteiger partial charge in [0.2, 0.25) is 11.8 Å². The van der Waals surface area contributed by atoms with E-state index < -0.39 is 6.04 Å². The van der Waals surface area contributed by atoms with Crippen LogP contribution in [0.25, 0.3) is 0 Å². The summed E-state index contributed by atoms with van der Waals surface area (Å²) in [6, 6.07) is -0.495. The maximum absolute atomic E-state index is 10.9. The second-order valence-corrected chi connectivity index (χ2v) is 2.72. The smallest absolute Gasteiger partial charge is 0.242 e. The van der Waals surface area contributed by atoms with E-state index in [4.69, 9.17) is 11.6 Å². The number of carbonyl (C=O) groups excluding carboxylic acids is 2. The monoisotopic (exact) mass is 192 g/mol. The highest BCUT2D eigenvalue weighted by molar-refractivity contribution is 6.18. The van der Waals surface area contributed by atoms with E-state index in [9.17, 15) is 9.59 Å². The number of hydrogen-bond donors (Lipinski definition) is 2. The molecule has 0 aliphatic carbocycles. The quantitative estimate of drug-likeness (QED) is 0.610. The topological polar surface area (TPSA) is 58.2 Å². The first-order valence-electron chi connectivity index (χ1n) is 3.68. The molecule has 0 aromatic heterocycles.